The molecule has 3 rings (SSSR count). The largest absolute Gasteiger partial charge is 0.491 e. The maximum Gasteiger partial charge on any atom is 0.293 e. The average Bonchev–Trinajstić information content (AvgIpc) is 3.11. The van der Waals surface area contributed by atoms with Gasteiger partial charge in [-0.3, -0.25) is 9.48 Å². The van der Waals surface area contributed by atoms with Gasteiger partial charge in [0.25, 0.3) is 6.47 Å². The maximum absolute atomic E-state index is 10.2. The molecule has 1 aromatic heterocycles. The molecule has 2 heterocycles. The Morgan fingerprint density at radius 1 is 1.19 bits per heavy atom. The van der Waals surface area contributed by atoms with Gasteiger partial charge in [-0.2, -0.15) is 0 Å². The number of methoxy groups -OCH3 is 1. The first-order chi connectivity index (χ1) is 17.2. The Kier molecular flexibility index (Phi) is 12.2. The van der Waals surface area contributed by atoms with E-state index >= 15 is 0 Å². The number of aliphatic hydroxyl groups excluding tert-OH is 1. The first-order valence-corrected chi connectivity index (χ1v) is 12.6. The highest BCUT2D eigenvalue weighted by Gasteiger charge is 2.31. The van der Waals surface area contributed by atoms with Gasteiger partial charge in [0.15, 0.2) is 0 Å². The van der Waals surface area contributed by atoms with E-state index in [4.69, 9.17) is 24.0 Å². The number of rotatable bonds is 11. The summed E-state index contributed by atoms with van der Waals surface area (Å²) >= 11 is 0. The maximum atomic E-state index is 10.2. The molecule has 1 aliphatic heterocycles. The van der Waals surface area contributed by atoms with Crippen molar-refractivity contribution in [1.82, 2.24) is 9.78 Å². The highest BCUT2D eigenvalue weighted by molar-refractivity contribution is 5.38. The molecule has 202 valence electrons. The number of benzene rings is 1. The van der Waals surface area contributed by atoms with Crippen molar-refractivity contribution in [3.8, 4) is 11.6 Å². The molecular formula is C27H42N2O7. The minimum atomic E-state index is -0.556. The molecule has 2 aromatic rings. The second kappa shape index (κ2) is 14.8. The molecule has 0 spiro atoms. The highest BCUT2D eigenvalue weighted by atomic mass is 16.7. The SMILES string of the molecule is CCOC=O.COCC1CC(O)CC(Oc2nn(C(C)C)c(C)c2Cc2ccc(OC(C)C)cc2)O1. The van der Waals surface area contributed by atoms with Crippen molar-refractivity contribution < 1.29 is 33.6 Å². The fraction of sp³-hybridized carbons (Fsp3) is 0.630. The Morgan fingerprint density at radius 2 is 1.89 bits per heavy atom. The monoisotopic (exact) mass is 506 g/mol. The molecule has 0 saturated carbocycles. The summed E-state index contributed by atoms with van der Waals surface area (Å²) in [6.45, 7) is 13.4. The number of aromatic nitrogens is 2. The van der Waals surface area contributed by atoms with Crippen LogP contribution in [0.3, 0.4) is 0 Å². The van der Waals surface area contributed by atoms with Crippen molar-refractivity contribution in [2.45, 2.75) is 91.4 Å². The molecule has 9 nitrogen and oxygen atoms in total. The van der Waals surface area contributed by atoms with Gasteiger partial charge in [0.05, 0.1) is 31.5 Å². The van der Waals surface area contributed by atoms with Crippen molar-refractivity contribution >= 4 is 6.47 Å². The van der Waals surface area contributed by atoms with Crippen LogP contribution in [-0.2, 0) is 25.4 Å². The van der Waals surface area contributed by atoms with E-state index in [0.717, 1.165) is 22.6 Å². The van der Waals surface area contributed by atoms with Crippen molar-refractivity contribution in [3.05, 3.63) is 41.1 Å². The molecule has 0 amide bonds. The standard InChI is InChI=1S/C24H36N2O5.C3H6O2/c1-15(2)26-17(5)22(11-18-7-9-20(10-8-18)29-16(3)4)24(25-26)31-23-13-19(27)12-21(30-23)14-28-6;1-2-5-3-4/h7-10,15-16,19,21,23,27H,11-14H2,1-6H3;3H,2H2,1H3. The van der Waals surface area contributed by atoms with Crippen LogP contribution in [0.5, 0.6) is 11.6 Å². The molecule has 0 aliphatic carbocycles. The summed E-state index contributed by atoms with van der Waals surface area (Å²) in [6, 6.07) is 8.34. The molecule has 1 saturated heterocycles. The summed E-state index contributed by atoms with van der Waals surface area (Å²) < 4.78 is 29.3. The van der Waals surface area contributed by atoms with E-state index in [1.165, 1.54) is 0 Å². The molecule has 36 heavy (non-hydrogen) atoms. The van der Waals surface area contributed by atoms with E-state index in [1.54, 1.807) is 14.0 Å². The van der Waals surface area contributed by atoms with E-state index in [9.17, 15) is 9.90 Å². The van der Waals surface area contributed by atoms with Gasteiger partial charge in [-0.15, -0.1) is 5.10 Å². The molecule has 1 fully saturated rings. The number of nitrogens with zero attached hydrogens (tertiary/aromatic N) is 2. The second-order valence-electron chi connectivity index (χ2n) is 9.33. The van der Waals surface area contributed by atoms with Crippen LogP contribution in [0.4, 0.5) is 0 Å². The fourth-order valence-electron chi connectivity index (χ4n) is 4.00. The first kappa shape index (κ1) is 29.6. The smallest absolute Gasteiger partial charge is 0.293 e. The molecule has 0 bridgehead atoms. The lowest BCUT2D eigenvalue weighted by Crippen LogP contribution is -2.40. The lowest BCUT2D eigenvalue weighted by Gasteiger charge is -2.32. The highest BCUT2D eigenvalue weighted by Crippen LogP contribution is 2.30. The Morgan fingerprint density at radius 3 is 2.42 bits per heavy atom. The number of carbonyl (C=O) groups is 1. The zero-order valence-corrected chi connectivity index (χ0v) is 22.6. The number of hydrogen-bond acceptors (Lipinski definition) is 8. The normalized spacial score (nSPS) is 19.6. The summed E-state index contributed by atoms with van der Waals surface area (Å²) in [7, 11) is 1.63. The zero-order valence-electron chi connectivity index (χ0n) is 22.6. The second-order valence-corrected chi connectivity index (χ2v) is 9.33. The average molecular weight is 507 g/mol. The van der Waals surface area contributed by atoms with Crippen LogP contribution in [0, 0.1) is 6.92 Å². The van der Waals surface area contributed by atoms with Gasteiger partial charge in [0.2, 0.25) is 12.2 Å². The van der Waals surface area contributed by atoms with Gasteiger partial charge in [-0.25, -0.2) is 0 Å². The summed E-state index contributed by atoms with van der Waals surface area (Å²) in [5.41, 5.74) is 3.24. The number of ether oxygens (including phenoxy) is 5. The minimum Gasteiger partial charge on any atom is -0.491 e. The summed E-state index contributed by atoms with van der Waals surface area (Å²) in [4.78, 5) is 9.18. The quantitative estimate of drug-likeness (QED) is 0.452. The number of carbonyl (C=O) groups excluding carboxylic acids is 1. The molecule has 3 unspecified atom stereocenters. The molecule has 3 atom stereocenters. The lowest BCUT2D eigenvalue weighted by molar-refractivity contribution is -0.188. The van der Waals surface area contributed by atoms with Gasteiger partial charge >= 0.3 is 0 Å². The van der Waals surface area contributed by atoms with Gasteiger partial charge < -0.3 is 28.8 Å². The third kappa shape index (κ3) is 9.11. The van der Waals surface area contributed by atoms with Crippen LogP contribution in [0.2, 0.25) is 0 Å². The Hall–Kier alpha value is -2.62. The van der Waals surface area contributed by atoms with E-state index in [1.807, 2.05) is 30.7 Å². The van der Waals surface area contributed by atoms with Gasteiger partial charge in [0.1, 0.15) is 5.75 Å². The van der Waals surface area contributed by atoms with Crippen molar-refractivity contribution in [1.29, 1.82) is 0 Å². The number of aliphatic hydroxyl groups is 1. The molecular weight excluding hydrogens is 464 g/mol. The third-order valence-electron chi connectivity index (χ3n) is 5.58. The van der Waals surface area contributed by atoms with E-state index < -0.39 is 12.4 Å². The van der Waals surface area contributed by atoms with E-state index in [0.29, 0.717) is 44.8 Å². The van der Waals surface area contributed by atoms with Crippen molar-refractivity contribution in [2.75, 3.05) is 20.3 Å². The Bertz CT molecular complexity index is 912. The van der Waals surface area contributed by atoms with Crippen molar-refractivity contribution in [3.63, 3.8) is 0 Å². The third-order valence-corrected chi connectivity index (χ3v) is 5.58. The lowest BCUT2D eigenvalue weighted by atomic mass is 10.0. The summed E-state index contributed by atoms with van der Waals surface area (Å²) in [6.07, 6.45) is 0.559. The summed E-state index contributed by atoms with van der Waals surface area (Å²) in [5.74, 6) is 1.42. The summed E-state index contributed by atoms with van der Waals surface area (Å²) in [5, 5.41) is 15.0. The predicted molar refractivity (Wildman–Crippen MR) is 136 cm³/mol. The van der Waals surface area contributed by atoms with Crippen LogP contribution in [0.1, 0.15) is 70.3 Å². The predicted octanol–water partition coefficient (Wildman–Crippen LogP) is 4.22. The van der Waals surface area contributed by atoms with Crippen LogP contribution in [-0.4, -0.2) is 66.3 Å². The molecule has 1 N–H and O–H groups in total. The van der Waals surface area contributed by atoms with Crippen LogP contribution in [0.15, 0.2) is 24.3 Å². The fourth-order valence-corrected chi connectivity index (χ4v) is 4.00. The molecule has 1 aliphatic rings. The van der Waals surface area contributed by atoms with Crippen LogP contribution >= 0.6 is 0 Å². The topological polar surface area (TPSA) is 101 Å². The van der Waals surface area contributed by atoms with E-state index in [2.05, 4.69) is 37.6 Å². The molecule has 1 aromatic carbocycles. The van der Waals surface area contributed by atoms with Crippen LogP contribution in [0.25, 0.3) is 0 Å². The minimum absolute atomic E-state index is 0.144. The van der Waals surface area contributed by atoms with Crippen LogP contribution < -0.4 is 9.47 Å². The first-order valence-electron chi connectivity index (χ1n) is 12.6. The Labute approximate surface area is 214 Å². The molecule has 0 radical (unpaired) electrons. The molecule has 9 heteroatoms. The van der Waals surface area contributed by atoms with E-state index in [-0.39, 0.29) is 18.2 Å². The van der Waals surface area contributed by atoms with Gasteiger partial charge in [-0.1, -0.05) is 12.1 Å². The van der Waals surface area contributed by atoms with Gasteiger partial charge in [-0.05, 0) is 59.2 Å². The number of hydrogen-bond donors (Lipinski definition) is 1. The van der Waals surface area contributed by atoms with Gasteiger partial charge in [0, 0.05) is 43.7 Å². The zero-order chi connectivity index (χ0) is 26.7. The Balaban J connectivity index is 0.000000830. The van der Waals surface area contributed by atoms with Crippen molar-refractivity contribution in [2.24, 2.45) is 0 Å².